The van der Waals surface area contributed by atoms with Crippen LogP contribution in [0.15, 0.2) is 5.16 Å². The van der Waals surface area contributed by atoms with Gasteiger partial charge in [0.25, 0.3) is 10.2 Å². The molecule has 82 valence electrons. The van der Waals surface area contributed by atoms with Crippen molar-refractivity contribution in [3.8, 4) is 0 Å². The van der Waals surface area contributed by atoms with Gasteiger partial charge in [-0.2, -0.15) is 12.7 Å². The number of hydrogen-bond donors (Lipinski definition) is 3. The van der Waals surface area contributed by atoms with Gasteiger partial charge in [-0.1, -0.05) is 5.16 Å². The van der Waals surface area contributed by atoms with Gasteiger partial charge < -0.3 is 15.7 Å². The van der Waals surface area contributed by atoms with Crippen LogP contribution in [0.5, 0.6) is 0 Å². The molecule has 8 nitrogen and oxygen atoms in total. The molecule has 14 heavy (non-hydrogen) atoms. The molecule has 0 radical (unpaired) electrons. The summed E-state index contributed by atoms with van der Waals surface area (Å²) in [5, 5.41) is 16.0. The molecule has 5 N–H and O–H groups in total. The highest BCUT2D eigenvalue weighted by Crippen LogP contribution is 2.07. The molecule has 1 heterocycles. The van der Waals surface area contributed by atoms with Gasteiger partial charge in [-0.3, -0.25) is 0 Å². The molecule has 0 spiro atoms. The first-order chi connectivity index (χ1) is 6.45. The molecule has 1 rings (SSSR count). The van der Waals surface area contributed by atoms with E-state index in [0.29, 0.717) is 0 Å². The zero-order valence-electron chi connectivity index (χ0n) is 7.33. The topological polar surface area (TPSA) is 131 Å². The van der Waals surface area contributed by atoms with E-state index in [1.807, 2.05) is 0 Å². The fourth-order valence-electron chi connectivity index (χ4n) is 1.10. The number of rotatable bonds is 2. The molecule has 0 aromatic heterocycles. The van der Waals surface area contributed by atoms with E-state index in [0.717, 1.165) is 4.31 Å². The minimum atomic E-state index is -3.74. The van der Waals surface area contributed by atoms with Crippen molar-refractivity contribution in [2.75, 3.05) is 19.7 Å². The molecule has 1 aliphatic rings. The lowest BCUT2D eigenvalue weighted by molar-refractivity contribution is 0.0355. The maximum atomic E-state index is 10.9. The smallest absolute Gasteiger partial charge is 0.277 e. The van der Waals surface area contributed by atoms with E-state index >= 15 is 0 Å². The number of ether oxygens (including phenoxy) is 1. The molecule has 1 fully saturated rings. The summed E-state index contributed by atoms with van der Waals surface area (Å²) in [6.45, 7) is 0.306. The fraction of sp³-hybridized carbons (Fsp3) is 0.800. The summed E-state index contributed by atoms with van der Waals surface area (Å²) in [5.41, 5.74) is 5.27. The Morgan fingerprint density at radius 2 is 2.29 bits per heavy atom. The third-order valence-electron chi connectivity index (χ3n) is 1.83. The van der Waals surface area contributed by atoms with E-state index in [2.05, 4.69) is 5.16 Å². The number of nitrogens with two attached hydrogens (primary N) is 2. The molecular weight excluding hydrogens is 212 g/mol. The van der Waals surface area contributed by atoms with E-state index in [-0.39, 0.29) is 25.5 Å². The third kappa shape index (κ3) is 2.54. The van der Waals surface area contributed by atoms with Crippen LogP contribution >= 0.6 is 0 Å². The Kier molecular flexibility index (Phi) is 3.26. The number of morpholine rings is 1. The van der Waals surface area contributed by atoms with Crippen LogP contribution in [0.2, 0.25) is 0 Å². The lowest BCUT2D eigenvalue weighted by Gasteiger charge is -2.29. The predicted octanol–water partition coefficient (Wildman–Crippen LogP) is -2.36. The van der Waals surface area contributed by atoms with Crippen molar-refractivity contribution in [3.05, 3.63) is 0 Å². The number of nitrogens with zero attached hydrogens (tertiary/aromatic N) is 2. The monoisotopic (exact) mass is 224 g/mol. The molecule has 1 atom stereocenters. The molecule has 0 aliphatic carbocycles. The first kappa shape index (κ1) is 11.2. The SMILES string of the molecule is NC(=NO)C1CN(S(N)(=O)=O)CCO1. The molecule has 0 bridgehead atoms. The molecule has 1 saturated heterocycles. The van der Waals surface area contributed by atoms with Crippen LogP contribution in [-0.4, -0.2) is 49.6 Å². The number of amidine groups is 1. The third-order valence-corrected chi connectivity index (χ3v) is 2.89. The minimum Gasteiger partial charge on any atom is -0.409 e. The normalized spacial score (nSPS) is 26.4. The summed E-state index contributed by atoms with van der Waals surface area (Å²) in [6.07, 6.45) is -0.743. The average Bonchev–Trinajstić information content (AvgIpc) is 2.15. The van der Waals surface area contributed by atoms with Crippen LogP contribution in [0.3, 0.4) is 0 Å². The first-order valence-corrected chi connectivity index (χ1v) is 5.32. The van der Waals surface area contributed by atoms with Crippen molar-refractivity contribution in [1.82, 2.24) is 4.31 Å². The van der Waals surface area contributed by atoms with Gasteiger partial charge in [0.15, 0.2) is 5.84 Å². The highest BCUT2D eigenvalue weighted by molar-refractivity contribution is 7.86. The van der Waals surface area contributed by atoms with Crippen molar-refractivity contribution in [2.45, 2.75) is 6.10 Å². The van der Waals surface area contributed by atoms with Crippen molar-refractivity contribution in [2.24, 2.45) is 16.0 Å². The molecular formula is C5H12N4O4S. The van der Waals surface area contributed by atoms with Gasteiger partial charge in [0, 0.05) is 13.1 Å². The summed E-state index contributed by atoms with van der Waals surface area (Å²) < 4.78 is 28.0. The maximum absolute atomic E-state index is 10.9. The molecule has 0 amide bonds. The maximum Gasteiger partial charge on any atom is 0.277 e. The van der Waals surface area contributed by atoms with Gasteiger partial charge in [0.05, 0.1) is 6.61 Å². The average molecular weight is 224 g/mol. The Hall–Kier alpha value is -0.900. The van der Waals surface area contributed by atoms with Gasteiger partial charge in [-0.15, -0.1) is 0 Å². The van der Waals surface area contributed by atoms with Gasteiger partial charge in [0.2, 0.25) is 0 Å². The van der Waals surface area contributed by atoms with Gasteiger partial charge in [-0.05, 0) is 0 Å². The molecule has 1 unspecified atom stereocenters. The Bertz CT molecular complexity index is 327. The van der Waals surface area contributed by atoms with Gasteiger partial charge in [-0.25, -0.2) is 5.14 Å². The zero-order valence-corrected chi connectivity index (χ0v) is 8.14. The Morgan fingerprint density at radius 3 is 2.79 bits per heavy atom. The second-order valence-electron chi connectivity index (χ2n) is 2.79. The van der Waals surface area contributed by atoms with Crippen LogP contribution in [0.4, 0.5) is 0 Å². The predicted molar refractivity (Wildman–Crippen MR) is 47.8 cm³/mol. The Labute approximate surface area is 81.3 Å². The fourth-order valence-corrected chi connectivity index (χ4v) is 1.77. The standard InChI is InChI=1S/C5H12N4O4S/c6-5(8-10)4-3-9(1-2-13-4)14(7,11)12/h4,10H,1-3H2,(H2,6,8)(H2,7,11,12). The highest BCUT2D eigenvalue weighted by atomic mass is 32.2. The van der Waals surface area contributed by atoms with E-state index in [4.69, 9.17) is 20.8 Å². The molecule has 0 saturated carbocycles. The zero-order chi connectivity index (χ0) is 10.8. The first-order valence-electron chi connectivity index (χ1n) is 3.82. The Morgan fingerprint density at radius 1 is 1.64 bits per heavy atom. The largest absolute Gasteiger partial charge is 0.409 e. The van der Waals surface area contributed by atoms with Crippen LogP contribution < -0.4 is 10.9 Å². The van der Waals surface area contributed by atoms with E-state index in [1.54, 1.807) is 0 Å². The van der Waals surface area contributed by atoms with Crippen molar-refractivity contribution in [1.29, 1.82) is 0 Å². The van der Waals surface area contributed by atoms with E-state index in [1.165, 1.54) is 0 Å². The summed E-state index contributed by atoms with van der Waals surface area (Å²) in [7, 11) is -3.74. The number of hydrogen-bond acceptors (Lipinski definition) is 5. The molecule has 0 aromatic rings. The van der Waals surface area contributed by atoms with Crippen molar-refractivity contribution < 1.29 is 18.4 Å². The van der Waals surface area contributed by atoms with Crippen molar-refractivity contribution in [3.63, 3.8) is 0 Å². The lowest BCUT2D eigenvalue weighted by atomic mass is 10.3. The van der Waals surface area contributed by atoms with Gasteiger partial charge in [0.1, 0.15) is 6.10 Å². The quantitative estimate of drug-likeness (QED) is 0.209. The molecule has 9 heteroatoms. The lowest BCUT2D eigenvalue weighted by Crippen LogP contribution is -2.52. The summed E-state index contributed by atoms with van der Waals surface area (Å²) in [5.74, 6) is -0.168. The second-order valence-corrected chi connectivity index (χ2v) is 4.33. The summed E-state index contributed by atoms with van der Waals surface area (Å²) >= 11 is 0. The van der Waals surface area contributed by atoms with Crippen LogP contribution in [0, 0.1) is 0 Å². The van der Waals surface area contributed by atoms with Crippen LogP contribution in [0.25, 0.3) is 0 Å². The molecule has 0 aromatic carbocycles. The Balaban J connectivity index is 2.70. The van der Waals surface area contributed by atoms with E-state index < -0.39 is 16.3 Å². The van der Waals surface area contributed by atoms with Crippen molar-refractivity contribution >= 4 is 16.0 Å². The minimum absolute atomic E-state index is 0.0330. The van der Waals surface area contributed by atoms with Gasteiger partial charge >= 0.3 is 0 Å². The molecule has 1 aliphatic heterocycles. The summed E-state index contributed by atoms with van der Waals surface area (Å²) in [4.78, 5) is 0. The van der Waals surface area contributed by atoms with E-state index in [9.17, 15) is 8.42 Å². The summed E-state index contributed by atoms with van der Waals surface area (Å²) in [6, 6.07) is 0. The second kappa shape index (κ2) is 4.09. The van der Waals surface area contributed by atoms with Crippen LogP contribution in [-0.2, 0) is 14.9 Å². The highest BCUT2D eigenvalue weighted by Gasteiger charge is 2.29. The van der Waals surface area contributed by atoms with Crippen LogP contribution in [0.1, 0.15) is 0 Å². The number of oxime groups is 1.